The Labute approximate surface area is 116 Å². The molecular formula is C12H19N5O3. The van der Waals surface area contributed by atoms with Gasteiger partial charge >= 0.3 is 11.7 Å². The van der Waals surface area contributed by atoms with Gasteiger partial charge in [0.25, 0.3) is 0 Å². The molecule has 0 aromatic heterocycles. The number of carbonyl (C=O) groups is 1. The molecule has 1 rings (SSSR count). The molecule has 0 radical (unpaired) electrons. The second-order valence-corrected chi connectivity index (χ2v) is 4.10. The van der Waals surface area contributed by atoms with Gasteiger partial charge in [-0.15, -0.1) is 0 Å². The number of nitro benzene ring substituents is 1. The van der Waals surface area contributed by atoms with Crippen LogP contribution in [-0.4, -0.2) is 30.6 Å². The number of benzene rings is 1. The van der Waals surface area contributed by atoms with Crippen molar-refractivity contribution >= 4 is 23.1 Å². The summed E-state index contributed by atoms with van der Waals surface area (Å²) >= 11 is 0. The molecule has 0 fully saturated rings. The minimum absolute atomic E-state index is 0.0000231. The van der Waals surface area contributed by atoms with E-state index in [0.29, 0.717) is 31.0 Å². The molecule has 0 spiro atoms. The normalized spacial score (nSPS) is 9.85. The lowest BCUT2D eigenvalue weighted by Gasteiger charge is -2.11. The molecule has 2 amide bonds. The third-order valence-electron chi connectivity index (χ3n) is 2.52. The van der Waals surface area contributed by atoms with E-state index in [1.165, 1.54) is 0 Å². The molecule has 8 nitrogen and oxygen atoms in total. The number of nitrogens with two attached hydrogens (primary N) is 1. The van der Waals surface area contributed by atoms with Crippen LogP contribution in [0.1, 0.15) is 13.3 Å². The maximum atomic E-state index is 11.2. The van der Waals surface area contributed by atoms with Crippen LogP contribution < -0.4 is 21.7 Å². The summed E-state index contributed by atoms with van der Waals surface area (Å²) < 4.78 is 0. The summed E-state index contributed by atoms with van der Waals surface area (Å²) in [4.78, 5) is 21.3. The summed E-state index contributed by atoms with van der Waals surface area (Å²) in [5.74, 6) is 0. The van der Waals surface area contributed by atoms with Crippen LogP contribution >= 0.6 is 0 Å². The lowest BCUT2D eigenvalue weighted by atomic mass is 10.2. The number of primary amides is 1. The monoisotopic (exact) mass is 281 g/mol. The fourth-order valence-corrected chi connectivity index (χ4v) is 1.67. The number of urea groups is 1. The Morgan fingerprint density at radius 2 is 1.85 bits per heavy atom. The number of hydrogen-bond donors (Lipinski definition) is 4. The van der Waals surface area contributed by atoms with Gasteiger partial charge in [-0.2, -0.15) is 0 Å². The predicted octanol–water partition coefficient (Wildman–Crippen LogP) is 1.50. The summed E-state index contributed by atoms with van der Waals surface area (Å²) in [7, 11) is 0. The highest BCUT2D eigenvalue weighted by Crippen LogP contribution is 2.32. The number of nitrogens with one attached hydrogen (secondary N) is 3. The Morgan fingerprint density at radius 1 is 1.25 bits per heavy atom. The van der Waals surface area contributed by atoms with Crippen molar-refractivity contribution in [3.8, 4) is 0 Å². The second kappa shape index (κ2) is 7.82. The molecule has 0 aliphatic heterocycles. The van der Waals surface area contributed by atoms with Gasteiger partial charge in [0.2, 0.25) is 0 Å². The van der Waals surface area contributed by atoms with E-state index in [0.717, 1.165) is 6.42 Å². The van der Waals surface area contributed by atoms with E-state index >= 15 is 0 Å². The zero-order valence-corrected chi connectivity index (χ0v) is 11.3. The average molecular weight is 281 g/mol. The van der Waals surface area contributed by atoms with Crippen molar-refractivity contribution in [1.82, 2.24) is 5.32 Å². The van der Waals surface area contributed by atoms with E-state index in [1.807, 2.05) is 6.92 Å². The van der Waals surface area contributed by atoms with Crippen molar-refractivity contribution in [1.29, 1.82) is 0 Å². The summed E-state index contributed by atoms with van der Waals surface area (Å²) in [6, 6.07) is 4.40. The number of nitrogens with zero attached hydrogens (tertiary/aromatic N) is 1. The molecule has 8 heteroatoms. The molecule has 0 saturated carbocycles. The van der Waals surface area contributed by atoms with E-state index < -0.39 is 11.0 Å². The number of amides is 2. The molecular weight excluding hydrogens is 262 g/mol. The van der Waals surface area contributed by atoms with Crippen LogP contribution in [0, 0.1) is 10.1 Å². The van der Waals surface area contributed by atoms with Gasteiger partial charge in [0.15, 0.2) is 0 Å². The molecule has 1 aromatic rings. The number of carbonyl (C=O) groups excluding carboxylic acids is 1. The van der Waals surface area contributed by atoms with Gasteiger partial charge < -0.3 is 21.7 Å². The minimum Gasteiger partial charge on any atom is -0.379 e. The quantitative estimate of drug-likeness (QED) is 0.327. The fraction of sp³-hybridized carbons (Fsp3) is 0.417. The topological polar surface area (TPSA) is 122 Å². The van der Waals surface area contributed by atoms with Crippen LogP contribution in [-0.2, 0) is 0 Å². The lowest BCUT2D eigenvalue weighted by molar-refractivity contribution is -0.383. The zero-order valence-electron chi connectivity index (χ0n) is 11.3. The molecule has 110 valence electrons. The second-order valence-electron chi connectivity index (χ2n) is 4.10. The van der Waals surface area contributed by atoms with Crippen LogP contribution in [0.2, 0.25) is 0 Å². The van der Waals surface area contributed by atoms with E-state index in [4.69, 9.17) is 5.73 Å². The van der Waals surface area contributed by atoms with E-state index in [2.05, 4.69) is 16.0 Å². The highest BCUT2D eigenvalue weighted by Gasteiger charge is 2.18. The van der Waals surface area contributed by atoms with Crippen LogP contribution in [0.25, 0.3) is 0 Å². The molecule has 0 unspecified atom stereocenters. The van der Waals surface area contributed by atoms with Gasteiger partial charge in [-0.3, -0.25) is 10.1 Å². The van der Waals surface area contributed by atoms with Crippen LogP contribution in [0.5, 0.6) is 0 Å². The van der Waals surface area contributed by atoms with Crippen molar-refractivity contribution < 1.29 is 9.72 Å². The summed E-state index contributed by atoms with van der Waals surface area (Å²) in [6.07, 6.45) is 0.872. The third-order valence-corrected chi connectivity index (χ3v) is 2.52. The van der Waals surface area contributed by atoms with Crippen molar-refractivity contribution in [2.75, 3.05) is 30.3 Å². The molecule has 1 aromatic carbocycles. The van der Waals surface area contributed by atoms with Crippen molar-refractivity contribution in [2.45, 2.75) is 13.3 Å². The predicted molar refractivity (Wildman–Crippen MR) is 78.0 cm³/mol. The number of nitro groups is 1. The first kappa shape index (κ1) is 15.5. The van der Waals surface area contributed by atoms with Crippen molar-refractivity contribution in [3.63, 3.8) is 0 Å². The fourth-order valence-electron chi connectivity index (χ4n) is 1.67. The Balaban J connectivity index is 2.78. The molecule has 0 aliphatic rings. The smallest absolute Gasteiger partial charge is 0.315 e. The van der Waals surface area contributed by atoms with Gasteiger partial charge in [0, 0.05) is 19.6 Å². The van der Waals surface area contributed by atoms with Gasteiger partial charge in [-0.1, -0.05) is 13.0 Å². The van der Waals surface area contributed by atoms with Gasteiger partial charge in [-0.25, -0.2) is 4.79 Å². The lowest BCUT2D eigenvalue weighted by Crippen LogP contribution is -2.33. The summed E-state index contributed by atoms with van der Waals surface area (Å²) in [5, 5.41) is 19.5. The van der Waals surface area contributed by atoms with E-state index in [9.17, 15) is 14.9 Å². The number of anilines is 2. The molecule has 0 saturated heterocycles. The minimum atomic E-state index is -0.625. The Kier molecular flexibility index (Phi) is 6.08. The first-order valence-corrected chi connectivity index (χ1v) is 6.34. The average Bonchev–Trinajstić information content (AvgIpc) is 2.40. The number of para-hydroxylation sites is 1. The van der Waals surface area contributed by atoms with Gasteiger partial charge in [-0.05, 0) is 18.6 Å². The van der Waals surface area contributed by atoms with E-state index in [1.54, 1.807) is 18.2 Å². The highest BCUT2D eigenvalue weighted by atomic mass is 16.6. The third kappa shape index (κ3) is 4.63. The maximum absolute atomic E-state index is 11.2. The SMILES string of the molecule is CCCNc1cccc(NCCNC(N)=O)c1[N+](=O)[O-]. The Bertz CT molecular complexity index is 478. The van der Waals surface area contributed by atoms with Crippen LogP contribution in [0.4, 0.5) is 21.9 Å². The highest BCUT2D eigenvalue weighted by molar-refractivity contribution is 5.76. The first-order valence-electron chi connectivity index (χ1n) is 6.34. The summed E-state index contributed by atoms with van der Waals surface area (Å²) in [6.45, 7) is 3.28. The van der Waals surface area contributed by atoms with Crippen molar-refractivity contribution in [3.05, 3.63) is 28.3 Å². The van der Waals surface area contributed by atoms with Crippen LogP contribution in [0.3, 0.4) is 0 Å². The number of hydrogen-bond acceptors (Lipinski definition) is 5. The molecule has 0 heterocycles. The first-order chi connectivity index (χ1) is 9.56. The number of rotatable bonds is 8. The molecule has 0 atom stereocenters. The van der Waals surface area contributed by atoms with Crippen molar-refractivity contribution in [2.24, 2.45) is 5.73 Å². The summed E-state index contributed by atoms with van der Waals surface area (Å²) in [5.41, 5.74) is 5.81. The standard InChI is InChI=1S/C12H19N5O3/c1-2-6-14-9-4-3-5-10(11(9)17(19)20)15-7-8-16-12(13)18/h3-5,14-15H,2,6-8H2,1H3,(H3,13,16,18). The van der Waals surface area contributed by atoms with Crippen LogP contribution in [0.15, 0.2) is 18.2 Å². The van der Waals surface area contributed by atoms with Gasteiger partial charge in [0.05, 0.1) is 4.92 Å². The molecule has 0 aliphatic carbocycles. The molecule has 0 bridgehead atoms. The Hall–Kier alpha value is -2.51. The Morgan fingerprint density at radius 3 is 2.35 bits per heavy atom. The zero-order chi connectivity index (χ0) is 15.0. The maximum Gasteiger partial charge on any atom is 0.315 e. The van der Waals surface area contributed by atoms with E-state index in [-0.39, 0.29) is 5.69 Å². The molecule has 20 heavy (non-hydrogen) atoms. The largest absolute Gasteiger partial charge is 0.379 e. The molecule has 5 N–H and O–H groups in total. The van der Waals surface area contributed by atoms with Gasteiger partial charge in [0.1, 0.15) is 11.4 Å².